The van der Waals surface area contributed by atoms with E-state index in [1.165, 1.54) is 7.05 Å². The van der Waals surface area contributed by atoms with Crippen LogP contribution >= 0.6 is 0 Å². The summed E-state index contributed by atoms with van der Waals surface area (Å²) in [5, 5.41) is 0. The Bertz CT molecular complexity index is 549. The first-order valence-corrected chi connectivity index (χ1v) is 6.93. The van der Waals surface area contributed by atoms with Crippen LogP contribution in [-0.4, -0.2) is 37.0 Å². The van der Waals surface area contributed by atoms with E-state index in [1.807, 2.05) is 6.92 Å². The van der Waals surface area contributed by atoms with Crippen molar-refractivity contribution in [2.45, 2.75) is 26.2 Å². The zero-order valence-electron chi connectivity index (χ0n) is 12.5. The van der Waals surface area contributed by atoms with E-state index in [9.17, 15) is 22.8 Å². The molecule has 0 fully saturated rings. The molecule has 4 nitrogen and oxygen atoms in total. The molecule has 0 spiro atoms. The molecule has 0 saturated carbocycles. The third kappa shape index (κ3) is 4.75. The van der Waals surface area contributed by atoms with Crippen molar-refractivity contribution in [3.8, 4) is 0 Å². The van der Waals surface area contributed by atoms with Gasteiger partial charge in [0.15, 0.2) is 17.5 Å². The quantitative estimate of drug-likeness (QED) is 0.441. The third-order valence-electron chi connectivity index (χ3n) is 2.99. The van der Waals surface area contributed by atoms with Crippen LogP contribution in [0.3, 0.4) is 0 Å². The molecule has 0 aliphatic heterocycles. The fourth-order valence-electron chi connectivity index (χ4n) is 1.75. The first-order chi connectivity index (χ1) is 10.4. The highest BCUT2D eigenvalue weighted by Crippen LogP contribution is 2.16. The number of ether oxygens (including phenoxy) is 1. The minimum absolute atomic E-state index is 0.244. The zero-order valence-corrected chi connectivity index (χ0v) is 12.5. The fraction of sp³-hybridized carbons (Fsp3) is 0.467. The summed E-state index contributed by atoms with van der Waals surface area (Å²) in [6.45, 7) is 1.85. The van der Waals surface area contributed by atoms with Crippen LogP contribution in [0.15, 0.2) is 12.1 Å². The largest absolute Gasteiger partial charge is 0.464 e. The van der Waals surface area contributed by atoms with Gasteiger partial charge < -0.3 is 9.64 Å². The van der Waals surface area contributed by atoms with E-state index in [-0.39, 0.29) is 6.61 Å². The Labute approximate surface area is 126 Å². The topological polar surface area (TPSA) is 46.6 Å². The molecule has 0 aliphatic rings. The molecule has 0 bridgehead atoms. The number of amides is 1. The maximum atomic E-state index is 13.5. The monoisotopic (exact) mass is 317 g/mol. The van der Waals surface area contributed by atoms with Gasteiger partial charge >= 0.3 is 5.97 Å². The summed E-state index contributed by atoms with van der Waals surface area (Å²) in [5.74, 6) is -6.25. The Kier molecular flexibility index (Phi) is 6.88. The lowest BCUT2D eigenvalue weighted by molar-refractivity contribution is -0.144. The van der Waals surface area contributed by atoms with Gasteiger partial charge in [0.2, 0.25) is 0 Å². The molecule has 1 aromatic rings. The van der Waals surface area contributed by atoms with Crippen molar-refractivity contribution < 1.29 is 27.5 Å². The summed E-state index contributed by atoms with van der Waals surface area (Å²) in [7, 11) is 1.25. The van der Waals surface area contributed by atoms with E-state index in [0.717, 1.165) is 30.2 Å². The molecule has 1 rings (SSSR count). The van der Waals surface area contributed by atoms with Gasteiger partial charge in [0.05, 0.1) is 12.2 Å². The van der Waals surface area contributed by atoms with Crippen LogP contribution in [0.1, 0.15) is 36.5 Å². The van der Waals surface area contributed by atoms with Gasteiger partial charge in [-0.2, -0.15) is 0 Å². The van der Waals surface area contributed by atoms with Gasteiger partial charge in [-0.25, -0.2) is 13.2 Å². The Morgan fingerprint density at radius 1 is 1.14 bits per heavy atom. The maximum absolute atomic E-state index is 13.5. The highest BCUT2D eigenvalue weighted by molar-refractivity contribution is 5.96. The molecule has 7 heteroatoms. The van der Waals surface area contributed by atoms with E-state index < -0.39 is 41.4 Å². The minimum Gasteiger partial charge on any atom is -0.464 e. The van der Waals surface area contributed by atoms with Gasteiger partial charge in [-0.3, -0.25) is 9.59 Å². The van der Waals surface area contributed by atoms with Gasteiger partial charge in [0, 0.05) is 7.05 Å². The lowest BCUT2D eigenvalue weighted by atomic mass is 10.1. The van der Waals surface area contributed by atoms with Crippen molar-refractivity contribution in [3.63, 3.8) is 0 Å². The van der Waals surface area contributed by atoms with Gasteiger partial charge in [-0.05, 0) is 18.6 Å². The van der Waals surface area contributed by atoms with Gasteiger partial charge in [-0.15, -0.1) is 0 Å². The normalized spacial score (nSPS) is 10.4. The smallest absolute Gasteiger partial charge is 0.325 e. The number of hydrogen-bond acceptors (Lipinski definition) is 3. The molecular weight excluding hydrogens is 299 g/mol. The third-order valence-corrected chi connectivity index (χ3v) is 2.99. The van der Waals surface area contributed by atoms with Crippen LogP contribution in [0.4, 0.5) is 13.2 Å². The molecular formula is C15H18F3NO3. The predicted molar refractivity (Wildman–Crippen MR) is 73.8 cm³/mol. The van der Waals surface area contributed by atoms with Crippen molar-refractivity contribution >= 4 is 11.9 Å². The molecule has 1 amide bonds. The molecule has 0 unspecified atom stereocenters. The number of esters is 1. The van der Waals surface area contributed by atoms with Crippen LogP contribution in [0.5, 0.6) is 0 Å². The first-order valence-electron chi connectivity index (χ1n) is 6.93. The van der Waals surface area contributed by atoms with Crippen LogP contribution < -0.4 is 0 Å². The van der Waals surface area contributed by atoms with Gasteiger partial charge in [0.1, 0.15) is 6.54 Å². The molecule has 1 aromatic carbocycles. The molecule has 22 heavy (non-hydrogen) atoms. The highest BCUT2D eigenvalue weighted by Gasteiger charge is 2.22. The lowest BCUT2D eigenvalue weighted by Crippen LogP contribution is -2.33. The number of rotatable bonds is 7. The second-order valence-electron chi connectivity index (χ2n) is 4.81. The Hall–Kier alpha value is -2.05. The Morgan fingerprint density at radius 2 is 1.82 bits per heavy atom. The number of likely N-dealkylation sites (N-methyl/N-ethyl adjacent to an activating group) is 1. The zero-order chi connectivity index (χ0) is 16.7. The first kappa shape index (κ1) is 18.0. The summed E-state index contributed by atoms with van der Waals surface area (Å²) >= 11 is 0. The van der Waals surface area contributed by atoms with E-state index in [2.05, 4.69) is 0 Å². The molecule has 0 aliphatic carbocycles. The molecule has 0 N–H and O–H groups in total. The number of hydrogen-bond donors (Lipinski definition) is 0. The van der Waals surface area contributed by atoms with Crippen molar-refractivity contribution in [2.75, 3.05) is 20.2 Å². The summed E-state index contributed by atoms with van der Waals surface area (Å²) in [5.41, 5.74) is -0.639. The lowest BCUT2D eigenvalue weighted by Gasteiger charge is -2.17. The van der Waals surface area contributed by atoms with Gasteiger partial charge in [0.25, 0.3) is 5.91 Å². The second kappa shape index (κ2) is 8.41. The average molecular weight is 317 g/mol. The van der Waals surface area contributed by atoms with Crippen molar-refractivity contribution in [1.29, 1.82) is 0 Å². The van der Waals surface area contributed by atoms with E-state index >= 15 is 0 Å². The Morgan fingerprint density at radius 3 is 2.45 bits per heavy atom. The number of halogens is 3. The van der Waals surface area contributed by atoms with Gasteiger partial charge in [-0.1, -0.05) is 19.8 Å². The number of benzene rings is 1. The number of carbonyl (C=O) groups excluding carboxylic acids is 2. The fourth-order valence-corrected chi connectivity index (χ4v) is 1.75. The molecule has 0 heterocycles. The summed E-state index contributed by atoms with van der Waals surface area (Å²) in [4.78, 5) is 24.3. The second-order valence-corrected chi connectivity index (χ2v) is 4.81. The number of nitrogens with zero attached hydrogens (tertiary/aromatic N) is 1. The summed E-state index contributed by atoms with van der Waals surface area (Å²) in [6.07, 6.45) is 2.62. The Balaban J connectivity index is 2.62. The molecule has 0 saturated heterocycles. The highest BCUT2D eigenvalue weighted by atomic mass is 19.2. The molecule has 0 radical (unpaired) electrons. The molecule has 0 atom stereocenters. The van der Waals surface area contributed by atoms with Crippen LogP contribution in [0.2, 0.25) is 0 Å². The van der Waals surface area contributed by atoms with Crippen LogP contribution in [-0.2, 0) is 9.53 Å². The van der Waals surface area contributed by atoms with E-state index in [4.69, 9.17) is 4.74 Å². The van der Waals surface area contributed by atoms with Crippen molar-refractivity contribution in [1.82, 2.24) is 4.90 Å². The molecule has 122 valence electrons. The van der Waals surface area contributed by atoms with E-state index in [0.29, 0.717) is 6.07 Å². The van der Waals surface area contributed by atoms with Crippen LogP contribution in [0, 0.1) is 17.5 Å². The number of carbonyl (C=O) groups is 2. The number of unbranched alkanes of at least 4 members (excludes halogenated alkanes) is 2. The van der Waals surface area contributed by atoms with Crippen molar-refractivity contribution in [2.24, 2.45) is 0 Å². The SMILES string of the molecule is CCCCCOC(=O)CN(C)C(=O)c1ccc(F)c(F)c1F. The predicted octanol–water partition coefficient (Wildman–Crippen LogP) is 2.91. The summed E-state index contributed by atoms with van der Waals surface area (Å²) < 4.78 is 44.4. The van der Waals surface area contributed by atoms with E-state index in [1.54, 1.807) is 0 Å². The molecule has 0 aromatic heterocycles. The maximum Gasteiger partial charge on any atom is 0.325 e. The standard InChI is InChI=1S/C15H18F3NO3/c1-3-4-5-8-22-12(20)9-19(2)15(21)10-6-7-11(16)14(18)13(10)17/h6-7H,3-5,8-9H2,1-2H3. The average Bonchev–Trinajstić information content (AvgIpc) is 2.48. The van der Waals surface area contributed by atoms with Crippen LogP contribution in [0.25, 0.3) is 0 Å². The van der Waals surface area contributed by atoms with Crippen molar-refractivity contribution in [3.05, 3.63) is 35.1 Å². The summed E-state index contributed by atoms with van der Waals surface area (Å²) in [6, 6.07) is 1.49. The minimum atomic E-state index is -1.72.